The highest BCUT2D eigenvalue weighted by Gasteiger charge is 2.30. The predicted octanol–water partition coefficient (Wildman–Crippen LogP) is 3.09. The van der Waals surface area contributed by atoms with Crippen LogP contribution in [-0.2, 0) is 16.1 Å². The van der Waals surface area contributed by atoms with Gasteiger partial charge in [0.25, 0.3) is 0 Å². The van der Waals surface area contributed by atoms with E-state index in [1.54, 1.807) is 17.0 Å². The summed E-state index contributed by atoms with van der Waals surface area (Å²) in [6.45, 7) is 6.79. The molecule has 1 aliphatic heterocycles. The average molecular weight is 336 g/mol. The predicted molar refractivity (Wildman–Crippen MR) is 88.8 cm³/mol. The van der Waals surface area contributed by atoms with E-state index in [9.17, 15) is 14.0 Å². The van der Waals surface area contributed by atoms with E-state index in [1.165, 1.54) is 12.1 Å². The van der Waals surface area contributed by atoms with Gasteiger partial charge in [-0.2, -0.15) is 0 Å². The Hall–Kier alpha value is -2.11. The molecule has 0 spiro atoms. The number of halogens is 1. The van der Waals surface area contributed by atoms with Crippen molar-refractivity contribution in [3.63, 3.8) is 0 Å². The molecule has 132 valence electrons. The molecule has 1 heterocycles. The third-order valence-electron chi connectivity index (χ3n) is 3.82. The molecule has 1 fully saturated rings. The van der Waals surface area contributed by atoms with Gasteiger partial charge in [0.2, 0.25) is 5.91 Å². The lowest BCUT2D eigenvalue weighted by atomic mass is 9.97. The fraction of sp³-hybridized carbons (Fsp3) is 0.556. The lowest BCUT2D eigenvalue weighted by Crippen LogP contribution is -2.46. The minimum absolute atomic E-state index is 0.0902. The number of likely N-dealkylation sites (tertiary alicyclic amines) is 1. The molecule has 1 N–H and O–H groups in total. The number of rotatable bonds is 3. The van der Waals surface area contributed by atoms with Gasteiger partial charge < -0.3 is 15.0 Å². The maximum atomic E-state index is 12.9. The van der Waals surface area contributed by atoms with E-state index in [0.717, 1.165) is 18.4 Å². The van der Waals surface area contributed by atoms with Crippen LogP contribution < -0.4 is 5.32 Å². The zero-order chi connectivity index (χ0) is 17.7. The first-order valence-electron chi connectivity index (χ1n) is 8.25. The summed E-state index contributed by atoms with van der Waals surface area (Å²) in [4.78, 5) is 26.1. The molecule has 0 saturated carbocycles. The number of carbonyl (C=O) groups is 2. The fourth-order valence-corrected chi connectivity index (χ4v) is 2.62. The van der Waals surface area contributed by atoms with Gasteiger partial charge in [-0.15, -0.1) is 0 Å². The summed E-state index contributed by atoms with van der Waals surface area (Å²) in [5.74, 6) is -0.635. The topological polar surface area (TPSA) is 58.6 Å². The van der Waals surface area contributed by atoms with Crippen LogP contribution in [-0.4, -0.2) is 35.6 Å². The largest absolute Gasteiger partial charge is 0.444 e. The molecule has 1 aromatic rings. The van der Waals surface area contributed by atoms with Crippen LogP contribution in [0.5, 0.6) is 0 Å². The molecular weight excluding hydrogens is 311 g/mol. The average Bonchev–Trinajstić information content (AvgIpc) is 2.52. The van der Waals surface area contributed by atoms with Crippen LogP contribution in [0.3, 0.4) is 0 Å². The molecule has 2 amide bonds. The van der Waals surface area contributed by atoms with Crippen LogP contribution in [0.4, 0.5) is 9.18 Å². The van der Waals surface area contributed by atoms with Gasteiger partial charge in [-0.3, -0.25) is 4.79 Å². The van der Waals surface area contributed by atoms with Crippen LogP contribution in [0.2, 0.25) is 0 Å². The van der Waals surface area contributed by atoms with E-state index in [-0.39, 0.29) is 23.7 Å². The number of nitrogens with zero attached hydrogens (tertiary/aromatic N) is 1. The molecular formula is C18H25FN2O3. The number of amides is 2. The third-order valence-corrected chi connectivity index (χ3v) is 3.82. The lowest BCUT2D eigenvalue weighted by Gasteiger charge is -2.33. The van der Waals surface area contributed by atoms with E-state index < -0.39 is 5.60 Å². The highest BCUT2D eigenvalue weighted by Crippen LogP contribution is 2.19. The number of piperidine rings is 1. The van der Waals surface area contributed by atoms with Crippen molar-refractivity contribution in [2.24, 2.45) is 5.92 Å². The second-order valence-corrected chi connectivity index (χ2v) is 7.11. The Bertz CT molecular complexity index is 581. The molecule has 0 aliphatic carbocycles. The second kappa shape index (κ2) is 7.64. The van der Waals surface area contributed by atoms with Gasteiger partial charge in [-0.25, -0.2) is 9.18 Å². The molecule has 2 rings (SSSR count). The SMILES string of the molecule is CC(C)(C)OC(=O)N1CCCC(C(=O)NCc2ccc(F)cc2)C1. The van der Waals surface area contributed by atoms with E-state index in [4.69, 9.17) is 4.74 Å². The van der Waals surface area contributed by atoms with Gasteiger partial charge in [-0.1, -0.05) is 12.1 Å². The minimum atomic E-state index is -0.547. The Balaban J connectivity index is 1.85. The number of carbonyl (C=O) groups excluding carboxylic acids is 2. The van der Waals surface area contributed by atoms with Crippen molar-refractivity contribution in [3.8, 4) is 0 Å². The quantitative estimate of drug-likeness (QED) is 0.923. The molecule has 0 bridgehead atoms. The smallest absolute Gasteiger partial charge is 0.410 e. The Labute approximate surface area is 142 Å². The number of ether oxygens (including phenoxy) is 1. The van der Waals surface area contributed by atoms with Crippen molar-refractivity contribution >= 4 is 12.0 Å². The molecule has 1 aromatic carbocycles. The van der Waals surface area contributed by atoms with Crippen molar-refractivity contribution in [1.82, 2.24) is 10.2 Å². The first-order valence-corrected chi connectivity index (χ1v) is 8.25. The van der Waals surface area contributed by atoms with Gasteiger partial charge in [0, 0.05) is 19.6 Å². The lowest BCUT2D eigenvalue weighted by molar-refractivity contribution is -0.126. The number of hydrogen-bond acceptors (Lipinski definition) is 3. The molecule has 1 saturated heterocycles. The number of nitrogens with one attached hydrogen (secondary N) is 1. The van der Waals surface area contributed by atoms with Gasteiger partial charge in [0.1, 0.15) is 11.4 Å². The zero-order valence-corrected chi connectivity index (χ0v) is 14.5. The summed E-state index contributed by atoms with van der Waals surface area (Å²) < 4.78 is 18.2. The van der Waals surface area contributed by atoms with Gasteiger partial charge >= 0.3 is 6.09 Å². The molecule has 24 heavy (non-hydrogen) atoms. The molecule has 1 aliphatic rings. The van der Waals surface area contributed by atoms with Crippen LogP contribution in [0, 0.1) is 11.7 Å². The molecule has 6 heteroatoms. The summed E-state index contributed by atoms with van der Waals surface area (Å²) in [7, 11) is 0. The Morgan fingerprint density at radius 3 is 2.58 bits per heavy atom. The van der Waals surface area contributed by atoms with Crippen molar-refractivity contribution < 1.29 is 18.7 Å². The summed E-state index contributed by atoms with van der Waals surface area (Å²) in [5, 5.41) is 2.86. The summed E-state index contributed by atoms with van der Waals surface area (Å²) in [6.07, 6.45) is 1.14. The monoisotopic (exact) mass is 336 g/mol. The molecule has 0 radical (unpaired) electrons. The van der Waals surface area contributed by atoms with E-state index in [0.29, 0.717) is 19.6 Å². The van der Waals surface area contributed by atoms with Gasteiger partial charge in [-0.05, 0) is 51.3 Å². The summed E-state index contributed by atoms with van der Waals surface area (Å²) >= 11 is 0. The van der Waals surface area contributed by atoms with Crippen LogP contribution in [0.15, 0.2) is 24.3 Å². The Morgan fingerprint density at radius 1 is 1.29 bits per heavy atom. The van der Waals surface area contributed by atoms with Crippen molar-refractivity contribution in [2.45, 2.75) is 45.8 Å². The van der Waals surface area contributed by atoms with Crippen LogP contribution in [0.25, 0.3) is 0 Å². The minimum Gasteiger partial charge on any atom is -0.444 e. The first-order chi connectivity index (χ1) is 11.2. The van der Waals surface area contributed by atoms with Gasteiger partial charge in [0.05, 0.1) is 5.92 Å². The second-order valence-electron chi connectivity index (χ2n) is 7.11. The maximum Gasteiger partial charge on any atom is 0.410 e. The van der Waals surface area contributed by atoms with Crippen LogP contribution in [0.1, 0.15) is 39.2 Å². The van der Waals surface area contributed by atoms with Crippen molar-refractivity contribution in [2.75, 3.05) is 13.1 Å². The highest BCUT2D eigenvalue weighted by molar-refractivity contribution is 5.80. The molecule has 1 unspecified atom stereocenters. The van der Waals surface area contributed by atoms with Gasteiger partial charge in [0.15, 0.2) is 0 Å². The van der Waals surface area contributed by atoms with Crippen molar-refractivity contribution in [1.29, 1.82) is 0 Å². The van der Waals surface area contributed by atoms with Crippen molar-refractivity contribution in [3.05, 3.63) is 35.6 Å². The zero-order valence-electron chi connectivity index (χ0n) is 14.5. The standard InChI is InChI=1S/C18H25FN2O3/c1-18(2,3)24-17(23)21-10-4-5-14(12-21)16(22)20-11-13-6-8-15(19)9-7-13/h6-9,14H,4-5,10-12H2,1-3H3,(H,20,22). The van der Waals surface area contributed by atoms with E-state index >= 15 is 0 Å². The first kappa shape index (κ1) is 18.2. The normalized spacial score (nSPS) is 18.2. The third kappa shape index (κ3) is 5.51. The molecule has 0 aromatic heterocycles. The molecule has 5 nitrogen and oxygen atoms in total. The highest BCUT2D eigenvalue weighted by atomic mass is 19.1. The summed E-state index contributed by atoms with van der Waals surface area (Å²) in [6, 6.07) is 6.02. The van der Waals surface area contributed by atoms with Crippen LogP contribution >= 0.6 is 0 Å². The maximum absolute atomic E-state index is 12.9. The van der Waals surface area contributed by atoms with E-state index in [2.05, 4.69) is 5.32 Å². The fourth-order valence-electron chi connectivity index (χ4n) is 2.62. The van der Waals surface area contributed by atoms with E-state index in [1.807, 2.05) is 20.8 Å². The summed E-state index contributed by atoms with van der Waals surface area (Å²) in [5.41, 5.74) is 0.291. The number of benzene rings is 1. The Kier molecular flexibility index (Phi) is 5.80. The molecule has 1 atom stereocenters. The number of hydrogen-bond donors (Lipinski definition) is 1. The Morgan fingerprint density at radius 2 is 1.96 bits per heavy atom.